The first-order chi connectivity index (χ1) is 15.5. The molecule has 2 aromatic carbocycles. The minimum absolute atomic E-state index is 0.269. The molecule has 2 heterocycles. The van der Waals surface area contributed by atoms with E-state index in [0.29, 0.717) is 40.8 Å². The first-order valence-corrected chi connectivity index (χ1v) is 9.77. The highest BCUT2D eigenvalue weighted by molar-refractivity contribution is 5.82. The average molecular weight is 432 g/mol. The van der Waals surface area contributed by atoms with Crippen LogP contribution in [0.4, 0.5) is 8.78 Å². The first-order valence-electron chi connectivity index (χ1n) is 9.77. The van der Waals surface area contributed by atoms with E-state index in [4.69, 9.17) is 14.7 Å². The van der Waals surface area contributed by atoms with Crippen molar-refractivity contribution in [2.75, 3.05) is 13.7 Å². The largest absolute Gasteiger partial charge is 0.493 e. The Balaban J connectivity index is 1.88. The van der Waals surface area contributed by atoms with Gasteiger partial charge in [0.2, 0.25) is 0 Å². The minimum Gasteiger partial charge on any atom is -0.493 e. The van der Waals surface area contributed by atoms with Crippen LogP contribution in [0, 0.1) is 23.0 Å². The Bertz CT molecular complexity index is 1360. The summed E-state index contributed by atoms with van der Waals surface area (Å²) in [6.45, 7) is 2.33. The summed E-state index contributed by atoms with van der Waals surface area (Å²) in [5, 5.41) is 9.04. The summed E-state index contributed by atoms with van der Waals surface area (Å²) in [6, 6.07) is 12.8. The number of halogens is 2. The molecule has 0 bridgehead atoms. The van der Waals surface area contributed by atoms with Gasteiger partial charge >= 0.3 is 0 Å². The highest BCUT2D eigenvalue weighted by Gasteiger charge is 2.16. The van der Waals surface area contributed by atoms with E-state index in [-0.39, 0.29) is 5.52 Å². The summed E-state index contributed by atoms with van der Waals surface area (Å²) in [6.07, 6.45) is 4.89. The van der Waals surface area contributed by atoms with Gasteiger partial charge in [0.05, 0.1) is 30.3 Å². The van der Waals surface area contributed by atoms with E-state index in [1.807, 2.05) is 25.1 Å². The summed E-state index contributed by atoms with van der Waals surface area (Å²) in [5.74, 6) is -0.0168. The Kier molecular flexibility index (Phi) is 5.81. The van der Waals surface area contributed by atoms with Crippen LogP contribution in [0.3, 0.4) is 0 Å². The zero-order valence-corrected chi connectivity index (χ0v) is 17.3. The minimum atomic E-state index is -0.991. The summed E-state index contributed by atoms with van der Waals surface area (Å²) >= 11 is 0. The molecule has 0 unspecified atom stereocenters. The molecule has 0 amide bonds. The molecule has 0 saturated heterocycles. The number of nitriles is 1. The van der Waals surface area contributed by atoms with E-state index in [1.54, 1.807) is 42.0 Å². The third-order valence-electron chi connectivity index (χ3n) is 4.76. The van der Waals surface area contributed by atoms with Crippen molar-refractivity contribution in [3.8, 4) is 23.4 Å². The van der Waals surface area contributed by atoms with Gasteiger partial charge in [-0.15, -0.1) is 0 Å². The molecule has 32 heavy (non-hydrogen) atoms. The molecule has 0 aliphatic rings. The summed E-state index contributed by atoms with van der Waals surface area (Å²) in [7, 11) is 1.56. The Morgan fingerprint density at radius 3 is 2.62 bits per heavy atom. The third-order valence-corrected chi connectivity index (χ3v) is 4.76. The van der Waals surface area contributed by atoms with Gasteiger partial charge in [0.1, 0.15) is 17.7 Å². The van der Waals surface area contributed by atoms with Gasteiger partial charge in [0.25, 0.3) is 0 Å². The number of imidazole rings is 1. The maximum absolute atomic E-state index is 14.0. The second-order valence-corrected chi connectivity index (χ2v) is 6.72. The Labute approximate surface area is 183 Å². The van der Waals surface area contributed by atoms with Gasteiger partial charge in [-0.25, -0.2) is 18.7 Å². The summed E-state index contributed by atoms with van der Waals surface area (Å²) in [4.78, 5) is 8.75. The van der Waals surface area contributed by atoms with Crippen molar-refractivity contribution in [1.82, 2.24) is 14.5 Å². The fraction of sp³-hybridized carbons (Fsp3) is 0.125. The fourth-order valence-electron chi connectivity index (χ4n) is 3.32. The molecule has 0 spiro atoms. The number of ether oxygens (including phenoxy) is 2. The third kappa shape index (κ3) is 3.88. The molecule has 0 aliphatic heterocycles. The lowest BCUT2D eigenvalue weighted by atomic mass is 10.1. The van der Waals surface area contributed by atoms with E-state index in [1.165, 1.54) is 6.20 Å². The van der Waals surface area contributed by atoms with Gasteiger partial charge in [0, 0.05) is 23.9 Å². The van der Waals surface area contributed by atoms with Crippen molar-refractivity contribution < 1.29 is 18.3 Å². The maximum atomic E-state index is 14.0. The monoisotopic (exact) mass is 432 g/mol. The Hall–Kier alpha value is -4.25. The van der Waals surface area contributed by atoms with Crippen LogP contribution in [-0.4, -0.2) is 28.3 Å². The molecular formula is C24H18F2N4O2. The number of aromatic nitrogens is 3. The van der Waals surface area contributed by atoms with Crippen molar-refractivity contribution in [1.29, 1.82) is 5.26 Å². The average Bonchev–Trinajstić information content (AvgIpc) is 3.15. The number of nitrogens with zero attached hydrogens (tertiary/aromatic N) is 4. The van der Waals surface area contributed by atoms with E-state index in [9.17, 15) is 8.78 Å². The van der Waals surface area contributed by atoms with Crippen LogP contribution in [0.25, 0.3) is 29.0 Å². The standard InChI is InChI=1S/C24H18F2N4O2/c1-3-32-24-16(5-4-6-21(24)31-2)8-10-23-29-19-11-17(25)18(26)12-20(19)30(23)22-9-7-15(13-27)14-28-22/h4-12,14H,3H2,1-2H3. The number of methoxy groups -OCH3 is 1. The zero-order chi connectivity index (χ0) is 22.7. The van der Waals surface area contributed by atoms with E-state index in [2.05, 4.69) is 9.97 Å². The van der Waals surface area contributed by atoms with Crippen LogP contribution in [0.15, 0.2) is 48.7 Å². The number of fused-ring (bicyclic) bond motifs is 1. The number of rotatable bonds is 6. The Morgan fingerprint density at radius 1 is 1.12 bits per heavy atom. The quantitative estimate of drug-likeness (QED) is 0.421. The van der Waals surface area contributed by atoms with Gasteiger partial charge in [0.15, 0.2) is 23.1 Å². The van der Waals surface area contributed by atoms with Crippen LogP contribution in [0.5, 0.6) is 11.5 Å². The molecule has 0 saturated carbocycles. The fourth-order valence-corrected chi connectivity index (χ4v) is 3.32. The second kappa shape index (κ2) is 8.86. The van der Waals surface area contributed by atoms with Gasteiger partial charge in [-0.3, -0.25) is 4.57 Å². The molecule has 8 heteroatoms. The molecule has 4 rings (SSSR count). The highest BCUT2D eigenvalue weighted by atomic mass is 19.2. The van der Waals surface area contributed by atoms with Crippen molar-refractivity contribution >= 4 is 23.2 Å². The van der Waals surface area contributed by atoms with Crippen molar-refractivity contribution in [3.05, 3.63) is 77.2 Å². The van der Waals surface area contributed by atoms with Gasteiger partial charge in [-0.05, 0) is 37.3 Å². The van der Waals surface area contributed by atoms with Crippen LogP contribution in [-0.2, 0) is 0 Å². The highest BCUT2D eigenvalue weighted by Crippen LogP contribution is 2.33. The predicted molar refractivity (Wildman–Crippen MR) is 117 cm³/mol. The molecule has 160 valence electrons. The number of pyridine rings is 1. The molecule has 0 atom stereocenters. The number of para-hydroxylation sites is 1. The molecule has 0 radical (unpaired) electrons. The van der Waals surface area contributed by atoms with E-state index < -0.39 is 11.6 Å². The van der Waals surface area contributed by atoms with Crippen molar-refractivity contribution in [2.24, 2.45) is 0 Å². The van der Waals surface area contributed by atoms with E-state index >= 15 is 0 Å². The van der Waals surface area contributed by atoms with Crippen molar-refractivity contribution in [2.45, 2.75) is 6.92 Å². The number of benzene rings is 2. The zero-order valence-electron chi connectivity index (χ0n) is 17.3. The van der Waals surface area contributed by atoms with Crippen LogP contribution in [0.2, 0.25) is 0 Å². The van der Waals surface area contributed by atoms with Gasteiger partial charge in [-0.1, -0.05) is 12.1 Å². The maximum Gasteiger partial charge on any atom is 0.168 e. The SMILES string of the molecule is CCOc1c(C=Cc2nc3cc(F)c(F)cc3n2-c2ccc(C#N)cn2)cccc1OC. The lowest BCUT2D eigenvalue weighted by molar-refractivity contribution is 0.310. The second-order valence-electron chi connectivity index (χ2n) is 6.72. The molecule has 0 fully saturated rings. The molecule has 0 aliphatic carbocycles. The van der Waals surface area contributed by atoms with Crippen LogP contribution in [0.1, 0.15) is 23.9 Å². The van der Waals surface area contributed by atoms with Crippen molar-refractivity contribution in [3.63, 3.8) is 0 Å². The van der Waals surface area contributed by atoms with Gasteiger partial charge < -0.3 is 9.47 Å². The normalized spacial score (nSPS) is 11.1. The molecule has 6 nitrogen and oxygen atoms in total. The lowest BCUT2D eigenvalue weighted by Crippen LogP contribution is -2.01. The number of hydrogen-bond acceptors (Lipinski definition) is 5. The smallest absolute Gasteiger partial charge is 0.168 e. The number of hydrogen-bond donors (Lipinski definition) is 0. The van der Waals surface area contributed by atoms with Crippen LogP contribution >= 0.6 is 0 Å². The van der Waals surface area contributed by atoms with Gasteiger partial charge in [-0.2, -0.15) is 5.26 Å². The Morgan fingerprint density at radius 2 is 1.94 bits per heavy atom. The summed E-state index contributed by atoms with van der Waals surface area (Å²) in [5.41, 5.74) is 1.74. The predicted octanol–water partition coefficient (Wildman–Crippen LogP) is 5.15. The summed E-state index contributed by atoms with van der Waals surface area (Å²) < 4.78 is 40.6. The molecule has 4 aromatic rings. The van der Waals surface area contributed by atoms with Crippen LogP contribution < -0.4 is 9.47 Å². The molecule has 0 N–H and O–H groups in total. The van der Waals surface area contributed by atoms with E-state index in [0.717, 1.165) is 17.7 Å². The lowest BCUT2D eigenvalue weighted by Gasteiger charge is -2.12. The molecule has 2 aromatic heterocycles. The molecular weight excluding hydrogens is 414 g/mol. The first kappa shape index (κ1) is 21.0. The topological polar surface area (TPSA) is 73.0 Å².